The van der Waals surface area contributed by atoms with E-state index in [0.29, 0.717) is 12.6 Å². The molecule has 0 aromatic heterocycles. The summed E-state index contributed by atoms with van der Waals surface area (Å²) in [4.78, 5) is 0. The molecule has 0 saturated carbocycles. The summed E-state index contributed by atoms with van der Waals surface area (Å²) in [6.45, 7) is 6.98. The smallest absolute Gasteiger partial charge is 0.0914 e. The van der Waals surface area contributed by atoms with Crippen molar-refractivity contribution < 1.29 is 5.11 Å². The lowest BCUT2D eigenvalue weighted by Crippen LogP contribution is -2.32. The van der Waals surface area contributed by atoms with Crippen LogP contribution in [0.15, 0.2) is 48.5 Å². The van der Waals surface area contributed by atoms with Crippen molar-refractivity contribution in [1.29, 1.82) is 0 Å². The molecule has 2 N–H and O–H groups in total. The van der Waals surface area contributed by atoms with Crippen LogP contribution in [0.2, 0.25) is 0 Å². The molecule has 2 aromatic carbocycles. The molecule has 0 fully saturated rings. The first-order valence-corrected chi connectivity index (χ1v) is 8.14. The molecule has 118 valence electrons. The number of aliphatic hydroxyl groups is 1. The number of benzene rings is 2. The van der Waals surface area contributed by atoms with Crippen molar-refractivity contribution in [3.8, 4) is 0 Å². The van der Waals surface area contributed by atoms with Gasteiger partial charge in [0.15, 0.2) is 0 Å². The van der Waals surface area contributed by atoms with E-state index in [9.17, 15) is 5.11 Å². The van der Waals surface area contributed by atoms with Crippen molar-refractivity contribution in [2.45, 2.75) is 45.8 Å². The first kappa shape index (κ1) is 16.7. The molecular weight excluding hydrogens is 270 g/mol. The largest absolute Gasteiger partial charge is 0.387 e. The van der Waals surface area contributed by atoms with E-state index in [1.807, 2.05) is 12.1 Å². The lowest BCUT2D eigenvalue weighted by Gasteiger charge is -2.18. The fourth-order valence-corrected chi connectivity index (χ4v) is 2.60. The molecule has 22 heavy (non-hydrogen) atoms. The summed E-state index contributed by atoms with van der Waals surface area (Å²) >= 11 is 0. The van der Waals surface area contributed by atoms with Gasteiger partial charge in [0.1, 0.15) is 0 Å². The maximum absolute atomic E-state index is 10.3. The van der Waals surface area contributed by atoms with Crippen LogP contribution in [-0.4, -0.2) is 17.7 Å². The SMILES string of the molecule is CCc1cccc(C(O)CNC(C)Cc2ccc(C)cc2)c1. The summed E-state index contributed by atoms with van der Waals surface area (Å²) in [5, 5.41) is 13.8. The Morgan fingerprint density at radius 1 is 1.05 bits per heavy atom. The van der Waals surface area contributed by atoms with Crippen LogP contribution in [0.5, 0.6) is 0 Å². The molecule has 0 aliphatic carbocycles. The number of aryl methyl sites for hydroxylation is 2. The summed E-state index contributed by atoms with van der Waals surface area (Å²) < 4.78 is 0. The molecule has 0 radical (unpaired) electrons. The van der Waals surface area contributed by atoms with Gasteiger partial charge in [-0.1, -0.05) is 61.0 Å². The molecule has 0 aliphatic heterocycles. The second-order valence-corrected chi connectivity index (χ2v) is 6.11. The fourth-order valence-electron chi connectivity index (χ4n) is 2.60. The van der Waals surface area contributed by atoms with Gasteiger partial charge in [0.05, 0.1) is 6.10 Å². The summed E-state index contributed by atoms with van der Waals surface area (Å²) in [6, 6.07) is 17.2. The van der Waals surface area contributed by atoms with E-state index < -0.39 is 6.10 Å². The zero-order valence-corrected chi connectivity index (χ0v) is 13.8. The second kappa shape index (κ2) is 8.11. The van der Waals surface area contributed by atoms with E-state index in [-0.39, 0.29) is 0 Å². The van der Waals surface area contributed by atoms with Gasteiger partial charge in [0.25, 0.3) is 0 Å². The van der Waals surface area contributed by atoms with E-state index in [1.165, 1.54) is 16.7 Å². The molecule has 0 bridgehead atoms. The van der Waals surface area contributed by atoms with Gasteiger partial charge < -0.3 is 10.4 Å². The molecule has 0 saturated heterocycles. The number of hydrogen-bond acceptors (Lipinski definition) is 2. The van der Waals surface area contributed by atoms with Crippen molar-refractivity contribution >= 4 is 0 Å². The number of nitrogens with one attached hydrogen (secondary N) is 1. The Kier molecular flexibility index (Phi) is 6.17. The summed E-state index contributed by atoms with van der Waals surface area (Å²) in [6.07, 6.45) is 1.52. The maximum Gasteiger partial charge on any atom is 0.0914 e. The predicted molar refractivity (Wildman–Crippen MR) is 93.1 cm³/mol. The van der Waals surface area contributed by atoms with Gasteiger partial charge in [-0.15, -0.1) is 0 Å². The zero-order valence-electron chi connectivity index (χ0n) is 13.8. The molecule has 0 spiro atoms. The van der Waals surface area contributed by atoms with Crippen molar-refractivity contribution in [3.63, 3.8) is 0 Å². The Morgan fingerprint density at radius 2 is 1.77 bits per heavy atom. The van der Waals surface area contributed by atoms with E-state index in [4.69, 9.17) is 0 Å². The van der Waals surface area contributed by atoms with Crippen molar-refractivity contribution in [1.82, 2.24) is 5.32 Å². The van der Waals surface area contributed by atoms with Gasteiger partial charge in [0, 0.05) is 12.6 Å². The summed E-state index contributed by atoms with van der Waals surface area (Å²) in [7, 11) is 0. The molecule has 2 rings (SSSR count). The summed E-state index contributed by atoms with van der Waals surface area (Å²) in [5.41, 5.74) is 4.88. The monoisotopic (exact) mass is 297 g/mol. The molecule has 0 heterocycles. The Balaban J connectivity index is 1.84. The summed E-state index contributed by atoms with van der Waals surface area (Å²) in [5.74, 6) is 0. The first-order chi connectivity index (χ1) is 10.6. The normalized spacial score (nSPS) is 13.8. The third kappa shape index (κ3) is 4.97. The Morgan fingerprint density at radius 3 is 2.45 bits per heavy atom. The standard InChI is InChI=1S/C20H27NO/c1-4-17-6-5-7-19(13-17)20(22)14-21-16(3)12-18-10-8-15(2)9-11-18/h5-11,13,16,20-22H,4,12,14H2,1-3H3. The quantitative estimate of drug-likeness (QED) is 0.814. The third-order valence-electron chi connectivity index (χ3n) is 4.07. The molecule has 2 heteroatoms. The fraction of sp³-hybridized carbons (Fsp3) is 0.400. The van der Waals surface area contributed by atoms with E-state index in [0.717, 1.165) is 18.4 Å². The highest BCUT2D eigenvalue weighted by molar-refractivity contribution is 5.25. The molecule has 2 unspecified atom stereocenters. The minimum absolute atomic E-state index is 0.340. The molecule has 2 atom stereocenters. The van der Waals surface area contributed by atoms with Gasteiger partial charge in [0.2, 0.25) is 0 Å². The highest BCUT2D eigenvalue weighted by Gasteiger charge is 2.10. The van der Waals surface area contributed by atoms with Crippen LogP contribution in [0.3, 0.4) is 0 Å². The minimum atomic E-state index is -0.452. The van der Waals surface area contributed by atoms with Gasteiger partial charge in [-0.25, -0.2) is 0 Å². The second-order valence-electron chi connectivity index (χ2n) is 6.11. The molecule has 2 nitrogen and oxygen atoms in total. The minimum Gasteiger partial charge on any atom is -0.387 e. The van der Waals surface area contributed by atoms with Crippen molar-refractivity contribution in [2.24, 2.45) is 0 Å². The Hall–Kier alpha value is -1.64. The molecular formula is C20H27NO. The lowest BCUT2D eigenvalue weighted by molar-refractivity contribution is 0.170. The first-order valence-electron chi connectivity index (χ1n) is 8.14. The van der Waals surface area contributed by atoms with Gasteiger partial charge in [-0.05, 0) is 43.4 Å². The number of hydrogen-bond donors (Lipinski definition) is 2. The van der Waals surface area contributed by atoms with Crippen LogP contribution in [0.4, 0.5) is 0 Å². The van der Waals surface area contributed by atoms with E-state index in [2.05, 4.69) is 62.5 Å². The van der Waals surface area contributed by atoms with Crippen LogP contribution in [-0.2, 0) is 12.8 Å². The molecule has 0 amide bonds. The van der Waals surface area contributed by atoms with Crippen LogP contribution >= 0.6 is 0 Å². The zero-order chi connectivity index (χ0) is 15.9. The Labute approximate surface area is 134 Å². The Bertz CT molecular complexity index is 577. The topological polar surface area (TPSA) is 32.3 Å². The lowest BCUT2D eigenvalue weighted by atomic mass is 10.0. The van der Waals surface area contributed by atoms with Crippen LogP contribution in [0, 0.1) is 6.92 Å². The van der Waals surface area contributed by atoms with Gasteiger partial charge >= 0.3 is 0 Å². The average Bonchev–Trinajstić information content (AvgIpc) is 2.55. The van der Waals surface area contributed by atoms with E-state index >= 15 is 0 Å². The number of rotatable bonds is 7. The van der Waals surface area contributed by atoms with Gasteiger partial charge in [-0.2, -0.15) is 0 Å². The van der Waals surface area contributed by atoms with Crippen LogP contribution in [0.25, 0.3) is 0 Å². The number of aliphatic hydroxyl groups excluding tert-OH is 1. The van der Waals surface area contributed by atoms with E-state index in [1.54, 1.807) is 0 Å². The van der Waals surface area contributed by atoms with Crippen LogP contribution < -0.4 is 5.32 Å². The predicted octanol–water partition coefficient (Wildman–Crippen LogP) is 3.81. The maximum atomic E-state index is 10.3. The highest BCUT2D eigenvalue weighted by Crippen LogP contribution is 2.15. The average molecular weight is 297 g/mol. The molecule has 2 aromatic rings. The molecule has 0 aliphatic rings. The third-order valence-corrected chi connectivity index (χ3v) is 4.07. The van der Waals surface area contributed by atoms with Crippen molar-refractivity contribution in [3.05, 3.63) is 70.8 Å². The van der Waals surface area contributed by atoms with Crippen molar-refractivity contribution in [2.75, 3.05) is 6.54 Å². The van der Waals surface area contributed by atoms with Crippen LogP contribution in [0.1, 0.15) is 42.2 Å². The highest BCUT2D eigenvalue weighted by atomic mass is 16.3. The van der Waals surface area contributed by atoms with Gasteiger partial charge in [-0.3, -0.25) is 0 Å².